The number of methoxy groups -OCH3 is 1. The van der Waals surface area contributed by atoms with Gasteiger partial charge >= 0.3 is 0 Å². The summed E-state index contributed by atoms with van der Waals surface area (Å²) in [7, 11) is 1.64. The van der Waals surface area contributed by atoms with Crippen molar-refractivity contribution in [2.75, 3.05) is 20.3 Å². The molecule has 0 amide bonds. The monoisotopic (exact) mass is 476 g/mol. The number of aromatic amines is 1. The smallest absolute Gasteiger partial charge is 0.252 e. The second-order valence-corrected chi connectivity index (χ2v) is 8.73. The Morgan fingerprint density at radius 1 is 1.17 bits per heavy atom. The molecule has 2 N–H and O–H groups in total. The molecule has 0 fully saturated rings. The third-order valence-corrected chi connectivity index (χ3v) is 6.23. The standard InChI is InChI=1S/C26H32N6O3/c1-4-24(25-28-29-30-32(25)16-19-7-9-22(35-3)10-8-19)31(12-5-13-33)17-21-15-20-14-18(2)6-11-23(20)27-26(21)34/h6-11,14-15,24,33H,4-5,12-13,16-17H2,1-3H3,(H,27,34). The summed E-state index contributed by atoms with van der Waals surface area (Å²) in [6, 6.07) is 15.6. The molecule has 1 atom stereocenters. The van der Waals surface area contributed by atoms with E-state index in [-0.39, 0.29) is 18.2 Å². The van der Waals surface area contributed by atoms with Crippen molar-refractivity contribution >= 4 is 10.9 Å². The molecule has 0 aliphatic heterocycles. The molecule has 0 radical (unpaired) electrons. The van der Waals surface area contributed by atoms with Crippen molar-refractivity contribution < 1.29 is 9.84 Å². The number of aliphatic hydroxyl groups excluding tert-OH is 1. The van der Waals surface area contributed by atoms with Crippen molar-refractivity contribution in [1.29, 1.82) is 0 Å². The molecule has 1 unspecified atom stereocenters. The molecule has 0 saturated carbocycles. The Morgan fingerprint density at radius 3 is 2.69 bits per heavy atom. The minimum atomic E-state index is -0.123. The van der Waals surface area contributed by atoms with Gasteiger partial charge in [0, 0.05) is 30.8 Å². The molecule has 2 heterocycles. The summed E-state index contributed by atoms with van der Waals surface area (Å²) in [6.07, 6.45) is 1.33. The fourth-order valence-corrected chi connectivity index (χ4v) is 4.40. The average Bonchev–Trinajstić information content (AvgIpc) is 3.31. The van der Waals surface area contributed by atoms with Crippen LogP contribution in [0.5, 0.6) is 5.75 Å². The molecule has 0 aliphatic rings. The van der Waals surface area contributed by atoms with Crippen LogP contribution in [0.25, 0.3) is 10.9 Å². The summed E-state index contributed by atoms with van der Waals surface area (Å²) in [5.41, 5.74) is 3.58. The zero-order valence-electron chi connectivity index (χ0n) is 20.4. The van der Waals surface area contributed by atoms with Crippen molar-refractivity contribution in [3.8, 4) is 5.75 Å². The maximum absolute atomic E-state index is 12.9. The molecule has 2 aromatic carbocycles. The highest BCUT2D eigenvalue weighted by molar-refractivity contribution is 5.79. The Kier molecular flexibility index (Phi) is 7.89. The van der Waals surface area contributed by atoms with Crippen molar-refractivity contribution in [3.63, 3.8) is 0 Å². The second-order valence-electron chi connectivity index (χ2n) is 8.73. The molecule has 0 spiro atoms. The van der Waals surface area contributed by atoms with Crippen LogP contribution in [0, 0.1) is 6.92 Å². The normalized spacial score (nSPS) is 12.4. The van der Waals surface area contributed by atoms with E-state index in [1.807, 2.05) is 49.4 Å². The summed E-state index contributed by atoms with van der Waals surface area (Å²) in [6.45, 7) is 5.73. The van der Waals surface area contributed by atoms with Crippen LogP contribution in [0.3, 0.4) is 0 Å². The molecule has 35 heavy (non-hydrogen) atoms. The highest BCUT2D eigenvalue weighted by atomic mass is 16.5. The Hall–Kier alpha value is -3.56. The van der Waals surface area contributed by atoms with Gasteiger partial charge in [-0.1, -0.05) is 30.7 Å². The van der Waals surface area contributed by atoms with Crippen LogP contribution in [0.2, 0.25) is 0 Å². The largest absolute Gasteiger partial charge is 0.497 e. The minimum absolute atomic E-state index is 0.0665. The van der Waals surface area contributed by atoms with Gasteiger partial charge in [0.15, 0.2) is 5.82 Å². The van der Waals surface area contributed by atoms with Gasteiger partial charge in [-0.2, -0.15) is 0 Å². The highest BCUT2D eigenvalue weighted by Gasteiger charge is 2.25. The average molecular weight is 477 g/mol. The van der Waals surface area contributed by atoms with Gasteiger partial charge in [-0.15, -0.1) is 5.10 Å². The van der Waals surface area contributed by atoms with Gasteiger partial charge < -0.3 is 14.8 Å². The van der Waals surface area contributed by atoms with Crippen LogP contribution < -0.4 is 10.3 Å². The van der Waals surface area contributed by atoms with Crippen molar-refractivity contribution in [2.45, 2.75) is 45.8 Å². The summed E-state index contributed by atoms with van der Waals surface area (Å²) >= 11 is 0. The fourth-order valence-electron chi connectivity index (χ4n) is 4.40. The fraction of sp³-hybridized carbons (Fsp3) is 0.385. The number of aromatic nitrogens is 5. The Labute approximate surface area is 204 Å². The summed E-state index contributed by atoms with van der Waals surface area (Å²) in [5.74, 6) is 1.53. The number of hydrogen-bond acceptors (Lipinski definition) is 7. The molecule has 2 aromatic heterocycles. The number of rotatable bonds is 11. The Morgan fingerprint density at radius 2 is 1.97 bits per heavy atom. The van der Waals surface area contributed by atoms with Gasteiger partial charge in [-0.25, -0.2) is 4.68 Å². The zero-order chi connectivity index (χ0) is 24.8. The van der Waals surface area contributed by atoms with Gasteiger partial charge in [0.2, 0.25) is 0 Å². The molecule has 184 valence electrons. The summed E-state index contributed by atoms with van der Waals surface area (Å²) < 4.78 is 7.05. The molecule has 0 aliphatic carbocycles. The number of benzene rings is 2. The van der Waals surface area contributed by atoms with Gasteiger partial charge in [0.25, 0.3) is 5.56 Å². The van der Waals surface area contributed by atoms with E-state index < -0.39 is 0 Å². The molecule has 4 rings (SSSR count). The van der Waals surface area contributed by atoms with Crippen molar-refractivity contribution in [3.05, 3.63) is 81.4 Å². The SMILES string of the molecule is CCC(c1nnnn1Cc1ccc(OC)cc1)N(CCCO)Cc1cc2cc(C)ccc2[nH]c1=O. The predicted octanol–water partition coefficient (Wildman–Crippen LogP) is 3.22. The van der Waals surface area contributed by atoms with E-state index in [0.717, 1.165) is 40.0 Å². The molecular weight excluding hydrogens is 444 g/mol. The van der Waals surface area contributed by atoms with Crippen LogP contribution in [-0.2, 0) is 13.1 Å². The second kappa shape index (κ2) is 11.2. The minimum Gasteiger partial charge on any atom is -0.497 e. The van der Waals surface area contributed by atoms with Crippen LogP contribution in [0.1, 0.15) is 48.3 Å². The van der Waals surface area contributed by atoms with Crippen LogP contribution in [0.15, 0.2) is 53.3 Å². The first-order chi connectivity index (χ1) is 17.0. The van der Waals surface area contributed by atoms with E-state index in [2.05, 4.69) is 38.4 Å². The molecule has 4 aromatic rings. The lowest BCUT2D eigenvalue weighted by Crippen LogP contribution is -2.34. The van der Waals surface area contributed by atoms with Gasteiger partial charge in [-0.05, 0) is 71.5 Å². The first-order valence-electron chi connectivity index (χ1n) is 11.9. The van der Waals surface area contributed by atoms with Crippen LogP contribution in [0.4, 0.5) is 0 Å². The van der Waals surface area contributed by atoms with Crippen LogP contribution in [-0.4, -0.2) is 55.5 Å². The lowest BCUT2D eigenvalue weighted by Gasteiger charge is -2.30. The number of aliphatic hydroxyl groups is 1. The highest BCUT2D eigenvalue weighted by Crippen LogP contribution is 2.25. The first-order valence-corrected chi connectivity index (χ1v) is 11.9. The molecule has 0 bridgehead atoms. The quantitative estimate of drug-likeness (QED) is 0.342. The maximum Gasteiger partial charge on any atom is 0.252 e. The number of pyridine rings is 1. The number of aryl methyl sites for hydroxylation is 1. The summed E-state index contributed by atoms with van der Waals surface area (Å²) in [5, 5.41) is 23.1. The van der Waals surface area contributed by atoms with E-state index in [4.69, 9.17) is 4.74 Å². The van der Waals surface area contributed by atoms with E-state index >= 15 is 0 Å². The van der Waals surface area contributed by atoms with Gasteiger partial charge in [-0.3, -0.25) is 9.69 Å². The topological polar surface area (TPSA) is 109 Å². The first kappa shape index (κ1) is 24.6. The third kappa shape index (κ3) is 5.75. The Bertz CT molecular complexity index is 1310. The van der Waals surface area contributed by atoms with Gasteiger partial charge in [0.1, 0.15) is 5.75 Å². The lowest BCUT2D eigenvalue weighted by atomic mass is 10.1. The van der Waals surface area contributed by atoms with Crippen LogP contribution >= 0.6 is 0 Å². The Balaban J connectivity index is 1.63. The van der Waals surface area contributed by atoms with E-state index in [1.54, 1.807) is 11.8 Å². The summed E-state index contributed by atoms with van der Waals surface area (Å²) in [4.78, 5) is 18.1. The molecule has 9 heteroatoms. The number of nitrogens with zero attached hydrogens (tertiary/aromatic N) is 5. The number of H-pyrrole nitrogens is 1. The van der Waals surface area contributed by atoms with Gasteiger partial charge in [0.05, 0.1) is 19.7 Å². The molecule has 0 saturated heterocycles. The third-order valence-electron chi connectivity index (χ3n) is 6.23. The zero-order valence-corrected chi connectivity index (χ0v) is 20.4. The van der Waals surface area contributed by atoms with Crippen molar-refractivity contribution in [1.82, 2.24) is 30.1 Å². The van der Waals surface area contributed by atoms with E-state index in [9.17, 15) is 9.90 Å². The number of hydrogen-bond donors (Lipinski definition) is 2. The lowest BCUT2D eigenvalue weighted by molar-refractivity contribution is 0.152. The number of ether oxygens (including phenoxy) is 1. The van der Waals surface area contributed by atoms with E-state index in [1.165, 1.54) is 0 Å². The molecular formula is C26H32N6O3. The number of nitrogens with one attached hydrogen (secondary N) is 1. The maximum atomic E-state index is 12.9. The molecule has 9 nitrogen and oxygen atoms in total. The van der Waals surface area contributed by atoms with E-state index in [0.29, 0.717) is 31.6 Å². The number of fused-ring (bicyclic) bond motifs is 1. The number of tetrazole rings is 1. The van der Waals surface area contributed by atoms with Crippen molar-refractivity contribution in [2.24, 2.45) is 0 Å². The predicted molar refractivity (Wildman–Crippen MR) is 134 cm³/mol.